The van der Waals surface area contributed by atoms with Crippen LogP contribution in [0.25, 0.3) is 22.3 Å². The lowest BCUT2D eigenvalue weighted by molar-refractivity contribution is -0.133. The molecule has 35 heteroatoms. The molecule has 6 saturated heterocycles. The van der Waals surface area contributed by atoms with Gasteiger partial charge in [-0.05, 0) is 27.7 Å². The summed E-state index contributed by atoms with van der Waals surface area (Å²) in [4.78, 5) is 113. The Morgan fingerprint density at radius 1 is 0.610 bits per heavy atom. The second-order valence-corrected chi connectivity index (χ2v) is 19.2. The number of fused-ring (bicyclic) bond motifs is 2. The van der Waals surface area contributed by atoms with Crippen molar-refractivity contribution in [2.45, 2.75) is 150 Å². The summed E-state index contributed by atoms with van der Waals surface area (Å²) in [5, 5.41) is 0. The standard InChI is InChI=1S/C47H46F2N10O23/c1-7-46(25(77-39(60)67-13-23-17(3)69-41(62)75-23)9-27(81-46)58-15-52-29-33(50)54-37(48)56-35(29)58)11-21(31-19(5)71-43(64)79-31)73-45(66)74-22(32-20(6)72-44(65)80-32)12-47(8-2)26(78-40(61)68-14-24-18(4)70-42(63)76-24)10-28(82-47)59-16-53-30-34(51)55-38(49)57-36(30)59/h1-2,15-28,31-32H,9-14H2,3-6H3,(H2,50,54,56)(H2,51,55,57)/t17?,18?,19?,20?,21?,22?,23?,24?,25-,26-,27+,28+,31?,32?,46-,47-/m0/s1. The monoisotopic (exact) mass is 1160 g/mol. The predicted molar refractivity (Wildman–Crippen MR) is 252 cm³/mol. The van der Waals surface area contributed by atoms with Gasteiger partial charge in [0.1, 0.15) is 62.3 Å². The summed E-state index contributed by atoms with van der Waals surface area (Å²) in [5.74, 6) is 4.18. The molecule has 82 heavy (non-hydrogen) atoms. The number of aromatic nitrogens is 8. The summed E-state index contributed by atoms with van der Waals surface area (Å²) in [6.07, 6.45) is -17.8. The summed E-state index contributed by atoms with van der Waals surface area (Å²) >= 11 is 0. The maximum atomic E-state index is 14.6. The smallest absolute Gasteiger partial charge is 0.430 e. The van der Waals surface area contributed by atoms with Gasteiger partial charge in [0.2, 0.25) is 0 Å². The molecule has 436 valence electrons. The number of ether oxygens (including phenoxy) is 16. The number of carbonyl (C=O) groups excluding carboxylic acids is 7. The van der Waals surface area contributed by atoms with E-state index in [1.54, 1.807) is 0 Å². The average molecular weight is 1160 g/mol. The number of nitrogen functional groups attached to an aromatic ring is 2. The second-order valence-electron chi connectivity index (χ2n) is 19.2. The fourth-order valence-electron chi connectivity index (χ4n) is 9.96. The lowest BCUT2D eigenvalue weighted by Gasteiger charge is -2.35. The zero-order chi connectivity index (χ0) is 58.5. The molecule has 0 aromatic carbocycles. The highest BCUT2D eigenvalue weighted by molar-refractivity contribution is 5.82. The summed E-state index contributed by atoms with van der Waals surface area (Å²) in [5.41, 5.74) is 6.83. The Morgan fingerprint density at radius 2 is 0.988 bits per heavy atom. The zero-order valence-electron chi connectivity index (χ0n) is 43.0. The van der Waals surface area contributed by atoms with E-state index in [2.05, 4.69) is 41.7 Å². The van der Waals surface area contributed by atoms with Crippen LogP contribution in [0.3, 0.4) is 0 Å². The third-order valence-corrected chi connectivity index (χ3v) is 14.0. The molecule has 0 radical (unpaired) electrons. The van der Waals surface area contributed by atoms with Gasteiger partial charge >= 0.3 is 55.2 Å². The first kappa shape index (κ1) is 55.8. The number of nitrogens with zero attached hydrogens (tertiary/aromatic N) is 8. The molecule has 0 amide bonds. The van der Waals surface area contributed by atoms with Crippen molar-refractivity contribution in [1.82, 2.24) is 39.0 Å². The SMILES string of the molecule is C#C[C@@]1(CC(OC(=O)OC(C[C@]2(C#C)O[C@@H](n3cnc4c(N)nc(F)nc43)C[C@@H]2OC(=O)OCC2OC(=O)OC2C)C2OC(=O)OC2C)C2OC(=O)OC2C)O[C@@H](n2cnc3c(N)nc(F)nc32)C[C@@H]1OC(=O)OCC1OC(=O)OC1C. The number of anilines is 2. The largest absolute Gasteiger partial charge is 0.509 e. The van der Waals surface area contributed by atoms with Crippen LogP contribution in [-0.2, 0) is 75.8 Å². The predicted octanol–water partition coefficient (Wildman–Crippen LogP) is 3.10. The van der Waals surface area contributed by atoms with Crippen molar-refractivity contribution >= 4 is 77.1 Å². The molecule has 16 atom stereocenters. The molecule has 6 aliphatic heterocycles. The van der Waals surface area contributed by atoms with E-state index in [-0.39, 0.29) is 34.0 Å². The van der Waals surface area contributed by atoms with Crippen molar-refractivity contribution in [2.24, 2.45) is 0 Å². The number of hydrogen-bond acceptors (Lipinski definition) is 31. The minimum Gasteiger partial charge on any atom is -0.430 e. The van der Waals surface area contributed by atoms with Crippen LogP contribution < -0.4 is 11.5 Å². The van der Waals surface area contributed by atoms with Gasteiger partial charge in [-0.1, -0.05) is 11.8 Å². The molecule has 6 aliphatic rings. The Morgan fingerprint density at radius 3 is 1.33 bits per heavy atom. The van der Waals surface area contributed by atoms with Crippen molar-refractivity contribution in [3.8, 4) is 24.7 Å². The van der Waals surface area contributed by atoms with E-state index >= 15 is 0 Å². The van der Waals surface area contributed by atoms with Gasteiger partial charge in [0.25, 0.3) is 0 Å². The quantitative estimate of drug-likeness (QED) is 0.0704. The van der Waals surface area contributed by atoms with Crippen molar-refractivity contribution in [3.05, 3.63) is 24.8 Å². The number of terminal acetylenes is 2. The van der Waals surface area contributed by atoms with E-state index in [1.165, 1.54) is 36.8 Å². The topological polar surface area (TPSA) is 406 Å². The second kappa shape index (κ2) is 21.9. The molecule has 4 aromatic rings. The number of nitrogens with two attached hydrogens (primary N) is 2. The Bertz CT molecular complexity index is 3110. The average Bonchev–Trinajstić information content (AvgIpc) is 4.09. The molecule has 10 rings (SSSR count). The van der Waals surface area contributed by atoms with Crippen LogP contribution in [0.15, 0.2) is 12.7 Å². The molecule has 0 saturated carbocycles. The van der Waals surface area contributed by atoms with Gasteiger partial charge < -0.3 is 87.3 Å². The third-order valence-electron chi connectivity index (χ3n) is 14.0. The van der Waals surface area contributed by atoms with Gasteiger partial charge in [0, 0.05) is 25.7 Å². The Hall–Kier alpha value is -9.51. The lowest BCUT2D eigenvalue weighted by Crippen LogP contribution is -2.50. The fourth-order valence-corrected chi connectivity index (χ4v) is 9.96. The van der Waals surface area contributed by atoms with Crippen LogP contribution in [0.5, 0.6) is 0 Å². The number of rotatable bonds is 16. The Kier molecular flexibility index (Phi) is 14.9. The van der Waals surface area contributed by atoms with Gasteiger partial charge in [-0.25, -0.2) is 43.5 Å². The molecular formula is C47H46F2N10O23. The molecule has 4 aromatic heterocycles. The summed E-state index contributed by atoms with van der Waals surface area (Å²) in [6.45, 7) is 4.58. The van der Waals surface area contributed by atoms with E-state index in [1.807, 2.05) is 0 Å². The van der Waals surface area contributed by atoms with Crippen LogP contribution in [0.2, 0.25) is 0 Å². The van der Waals surface area contributed by atoms with Gasteiger partial charge in [0.05, 0.1) is 12.7 Å². The summed E-state index contributed by atoms with van der Waals surface area (Å²) < 4.78 is 120. The van der Waals surface area contributed by atoms with Crippen LogP contribution in [0.1, 0.15) is 65.8 Å². The molecule has 33 nitrogen and oxygen atoms in total. The van der Waals surface area contributed by atoms with E-state index < -0.39 is 191 Å². The van der Waals surface area contributed by atoms with Crippen molar-refractivity contribution in [3.63, 3.8) is 0 Å². The van der Waals surface area contributed by atoms with E-state index in [4.69, 9.17) is 100 Å². The first-order valence-corrected chi connectivity index (χ1v) is 24.7. The lowest BCUT2D eigenvalue weighted by atomic mass is 9.88. The van der Waals surface area contributed by atoms with Crippen molar-refractivity contribution < 1.29 is 118 Å². The number of hydrogen-bond donors (Lipinski definition) is 2. The van der Waals surface area contributed by atoms with E-state index in [0.717, 1.165) is 12.7 Å². The maximum absolute atomic E-state index is 14.6. The number of halogens is 2. The van der Waals surface area contributed by atoms with Crippen LogP contribution in [0, 0.1) is 36.8 Å². The Balaban J connectivity index is 0.956. The van der Waals surface area contributed by atoms with Crippen LogP contribution >= 0.6 is 0 Å². The first-order chi connectivity index (χ1) is 39.0. The number of cyclic esters (lactones) is 8. The molecule has 4 N–H and O–H groups in total. The highest BCUT2D eigenvalue weighted by Crippen LogP contribution is 2.46. The van der Waals surface area contributed by atoms with Crippen molar-refractivity contribution in [1.29, 1.82) is 0 Å². The van der Waals surface area contributed by atoms with Crippen LogP contribution in [-0.4, -0.2) is 180 Å². The Labute approximate surface area is 457 Å². The molecule has 10 heterocycles. The summed E-state index contributed by atoms with van der Waals surface area (Å²) in [6, 6.07) is 0. The van der Waals surface area contributed by atoms with E-state index in [0.29, 0.717) is 0 Å². The first-order valence-electron chi connectivity index (χ1n) is 24.7. The molecular weight excluding hydrogens is 1110 g/mol. The highest BCUT2D eigenvalue weighted by atomic mass is 19.1. The maximum Gasteiger partial charge on any atom is 0.509 e. The zero-order valence-corrected chi connectivity index (χ0v) is 43.0. The van der Waals surface area contributed by atoms with Gasteiger partial charge in [-0.2, -0.15) is 28.7 Å². The normalized spacial score (nSPS) is 31.7. The van der Waals surface area contributed by atoms with Gasteiger partial charge in [-0.3, -0.25) is 9.13 Å². The third kappa shape index (κ3) is 10.9. The minimum atomic E-state index is -2.25. The van der Waals surface area contributed by atoms with E-state index in [9.17, 15) is 42.3 Å². The number of carbonyl (C=O) groups is 7. The van der Waals surface area contributed by atoms with Crippen LogP contribution in [0.4, 0.5) is 54.0 Å². The van der Waals surface area contributed by atoms with Crippen molar-refractivity contribution in [2.75, 3.05) is 24.7 Å². The highest BCUT2D eigenvalue weighted by Gasteiger charge is 2.59. The molecule has 0 spiro atoms. The molecule has 0 bridgehead atoms. The fraction of sp³-hybridized carbons (Fsp3) is 0.553. The number of imidazole rings is 2. The molecule has 0 aliphatic carbocycles. The summed E-state index contributed by atoms with van der Waals surface area (Å²) in [7, 11) is 0. The molecule has 6 fully saturated rings. The van der Waals surface area contributed by atoms with Gasteiger partial charge in [0.15, 0.2) is 81.8 Å². The molecule has 10 unspecified atom stereocenters. The minimum absolute atomic E-state index is 0.0655. The van der Waals surface area contributed by atoms with Gasteiger partial charge in [-0.15, -0.1) is 12.8 Å².